The third-order valence-electron chi connectivity index (χ3n) is 3.90. The van der Waals surface area contributed by atoms with Crippen LogP contribution in [0.1, 0.15) is 38.5 Å². The summed E-state index contributed by atoms with van der Waals surface area (Å²) in [5.74, 6) is -2.45. The Bertz CT molecular complexity index is 529. The molecule has 0 unspecified atom stereocenters. The monoisotopic (exact) mass is 300 g/mol. The standard InChI is InChI=1S/C14H18F2N2O3/c15-10-5-6-11(18(20)21)13(12(10)16)17-9-14(19)7-3-1-2-4-8-14/h5-6,17,19H,1-4,7-9H2. The average Bonchev–Trinajstić information content (AvgIpc) is 2.65. The Morgan fingerprint density at radius 2 is 1.86 bits per heavy atom. The van der Waals surface area contributed by atoms with E-state index in [2.05, 4.69) is 5.32 Å². The maximum Gasteiger partial charge on any atom is 0.295 e. The van der Waals surface area contributed by atoms with Crippen molar-refractivity contribution in [3.05, 3.63) is 33.9 Å². The zero-order valence-electron chi connectivity index (χ0n) is 11.6. The van der Waals surface area contributed by atoms with Crippen molar-refractivity contribution in [2.75, 3.05) is 11.9 Å². The number of nitrogens with one attached hydrogen (secondary N) is 1. The molecule has 116 valence electrons. The summed E-state index contributed by atoms with van der Waals surface area (Å²) in [6.45, 7) is -0.0335. The highest BCUT2D eigenvalue weighted by Gasteiger charge is 2.30. The van der Waals surface area contributed by atoms with Crippen molar-refractivity contribution >= 4 is 11.4 Å². The summed E-state index contributed by atoms with van der Waals surface area (Å²) < 4.78 is 27.0. The third kappa shape index (κ3) is 3.66. The molecule has 2 N–H and O–H groups in total. The van der Waals surface area contributed by atoms with E-state index in [1.807, 2.05) is 0 Å². The Morgan fingerprint density at radius 1 is 1.24 bits per heavy atom. The van der Waals surface area contributed by atoms with Crippen LogP contribution in [0.25, 0.3) is 0 Å². The molecule has 1 aliphatic rings. The van der Waals surface area contributed by atoms with Gasteiger partial charge >= 0.3 is 0 Å². The second-order valence-corrected chi connectivity index (χ2v) is 5.50. The van der Waals surface area contributed by atoms with Crippen LogP contribution in [0.4, 0.5) is 20.2 Å². The van der Waals surface area contributed by atoms with Crippen LogP contribution in [0.15, 0.2) is 12.1 Å². The minimum Gasteiger partial charge on any atom is -0.388 e. The molecule has 0 saturated heterocycles. The minimum absolute atomic E-state index is 0.0335. The number of benzene rings is 1. The van der Waals surface area contributed by atoms with Crippen molar-refractivity contribution in [2.24, 2.45) is 0 Å². The first-order chi connectivity index (χ1) is 9.93. The molecule has 0 bridgehead atoms. The number of rotatable bonds is 4. The number of aliphatic hydroxyl groups is 1. The van der Waals surface area contributed by atoms with Gasteiger partial charge in [0, 0.05) is 12.6 Å². The summed E-state index contributed by atoms with van der Waals surface area (Å²) in [7, 11) is 0. The summed E-state index contributed by atoms with van der Waals surface area (Å²) in [4.78, 5) is 10.1. The van der Waals surface area contributed by atoms with Gasteiger partial charge in [0.05, 0.1) is 10.5 Å². The highest BCUT2D eigenvalue weighted by molar-refractivity contribution is 5.62. The zero-order valence-corrected chi connectivity index (χ0v) is 11.6. The first kappa shape index (κ1) is 15.6. The van der Waals surface area contributed by atoms with E-state index in [9.17, 15) is 24.0 Å². The zero-order chi connectivity index (χ0) is 15.5. The largest absolute Gasteiger partial charge is 0.388 e. The summed E-state index contributed by atoms with van der Waals surface area (Å²) in [6.07, 6.45) is 4.85. The van der Waals surface area contributed by atoms with Gasteiger partial charge in [-0.3, -0.25) is 10.1 Å². The molecule has 2 rings (SSSR count). The van der Waals surface area contributed by atoms with Crippen LogP contribution in [0, 0.1) is 21.7 Å². The molecule has 7 heteroatoms. The molecule has 0 radical (unpaired) electrons. The van der Waals surface area contributed by atoms with Gasteiger partial charge in [0.2, 0.25) is 0 Å². The number of nitro groups is 1. The van der Waals surface area contributed by atoms with Gasteiger partial charge in [0.15, 0.2) is 17.3 Å². The van der Waals surface area contributed by atoms with Crippen molar-refractivity contribution in [1.29, 1.82) is 0 Å². The highest BCUT2D eigenvalue weighted by Crippen LogP contribution is 2.32. The molecular weight excluding hydrogens is 282 g/mol. The number of anilines is 1. The van der Waals surface area contributed by atoms with Gasteiger partial charge in [0.1, 0.15) is 0 Å². The molecule has 1 fully saturated rings. The van der Waals surface area contributed by atoms with Crippen molar-refractivity contribution < 1.29 is 18.8 Å². The van der Waals surface area contributed by atoms with Crippen molar-refractivity contribution in [3.63, 3.8) is 0 Å². The normalized spacial score (nSPS) is 18.0. The van der Waals surface area contributed by atoms with Crippen molar-refractivity contribution in [2.45, 2.75) is 44.1 Å². The lowest BCUT2D eigenvalue weighted by Gasteiger charge is -2.27. The maximum absolute atomic E-state index is 13.8. The first-order valence-electron chi connectivity index (χ1n) is 7.02. The van der Waals surface area contributed by atoms with Crippen LogP contribution >= 0.6 is 0 Å². The van der Waals surface area contributed by atoms with E-state index in [0.717, 1.165) is 37.8 Å². The van der Waals surface area contributed by atoms with Crippen LogP contribution in [0.2, 0.25) is 0 Å². The lowest BCUT2D eigenvalue weighted by Crippen LogP contribution is -2.36. The van der Waals surface area contributed by atoms with Gasteiger partial charge in [-0.2, -0.15) is 0 Å². The Kier molecular flexibility index (Phi) is 4.72. The molecule has 21 heavy (non-hydrogen) atoms. The molecule has 1 saturated carbocycles. The van der Waals surface area contributed by atoms with Gasteiger partial charge in [-0.05, 0) is 18.9 Å². The molecule has 0 heterocycles. The van der Waals surface area contributed by atoms with Crippen LogP contribution < -0.4 is 5.32 Å². The third-order valence-corrected chi connectivity index (χ3v) is 3.90. The first-order valence-corrected chi connectivity index (χ1v) is 7.02. The average molecular weight is 300 g/mol. The molecule has 0 aromatic heterocycles. The Labute approximate surface area is 121 Å². The molecule has 0 atom stereocenters. The Hall–Kier alpha value is -1.76. The predicted molar refractivity (Wildman–Crippen MR) is 74.2 cm³/mol. The maximum atomic E-state index is 13.8. The smallest absolute Gasteiger partial charge is 0.295 e. The topological polar surface area (TPSA) is 75.4 Å². The molecule has 1 aromatic carbocycles. The summed E-state index contributed by atoms with van der Waals surface area (Å²) >= 11 is 0. The van der Waals surface area contributed by atoms with E-state index in [4.69, 9.17) is 0 Å². The number of nitro benzene ring substituents is 1. The van der Waals surface area contributed by atoms with E-state index in [1.165, 1.54) is 0 Å². The minimum atomic E-state index is -1.29. The van der Waals surface area contributed by atoms with Crippen LogP contribution in [0.5, 0.6) is 0 Å². The van der Waals surface area contributed by atoms with Crippen LogP contribution in [0.3, 0.4) is 0 Å². The molecule has 0 amide bonds. The number of hydrogen-bond acceptors (Lipinski definition) is 4. The fourth-order valence-corrected chi connectivity index (χ4v) is 2.68. The molecular formula is C14H18F2N2O3. The van der Waals surface area contributed by atoms with E-state index in [1.54, 1.807) is 0 Å². The fraction of sp³-hybridized carbons (Fsp3) is 0.571. The van der Waals surface area contributed by atoms with Crippen LogP contribution in [-0.4, -0.2) is 22.2 Å². The molecule has 1 aliphatic carbocycles. The number of hydrogen-bond donors (Lipinski definition) is 2. The van der Waals surface area contributed by atoms with Gasteiger partial charge in [-0.1, -0.05) is 25.7 Å². The van der Waals surface area contributed by atoms with Gasteiger partial charge in [0.25, 0.3) is 5.69 Å². The van der Waals surface area contributed by atoms with Crippen molar-refractivity contribution in [3.8, 4) is 0 Å². The Balaban J connectivity index is 2.18. The Morgan fingerprint density at radius 3 is 2.43 bits per heavy atom. The van der Waals surface area contributed by atoms with Crippen molar-refractivity contribution in [1.82, 2.24) is 0 Å². The number of halogens is 2. The van der Waals surface area contributed by atoms with Crippen LogP contribution in [-0.2, 0) is 0 Å². The van der Waals surface area contributed by atoms with Gasteiger partial charge in [-0.25, -0.2) is 8.78 Å². The number of nitrogens with zero attached hydrogens (tertiary/aromatic N) is 1. The fourth-order valence-electron chi connectivity index (χ4n) is 2.68. The van der Waals surface area contributed by atoms with E-state index in [-0.39, 0.29) is 6.54 Å². The summed E-state index contributed by atoms with van der Waals surface area (Å²) in [5.41, 5.74) is -2.08. The lowest BCUT2D eigenvalue weighted by molar-refractivity contribution is -0.384. The van der Waals surface area contributed by atoms with Gasteiger partial charge < -0.3 is 10.4 Å². The summed E-state index contributed by atoms with van der Waals surface area (Å²) in [5, 5.41) is 23.9. The van der Waals surface area contributed by atoms with Gasteiger partial charge in [-0.15, -0.1) is 0 Å². The van der Waals surface area contributed by atoms with E-state index < -0.39 is 33.5 Å². The summed E-state index contributed by atoms with van der Waals surface area (Å²) in [6, 6.07) is 1.64. The second-order valence-electron chi connectivity index (χ2n) is 5.50. The predicted octanol–water partition coefficient (Wildman–Crippen LogP) is 3.37. The molecule has 0 aliphatic heterocycles. The molecule has 0 spiro atoms. The molecule has 1 aromatic rings. The molecule has 5 nitrogen and oxygen atoms in total. The highest BCUT2D eigenvalue weighted by atomic mass is 19.2. The van der Waals surface area contributed by atoms with E-state index in [0.29, 0.717) is 12.8 Å². The lowest BCUT2D eigenvalue weighted by atomic mass is 9.94. The SMILES string of the molecule is O=[N+]([O-])c1ccc(F)c(F)c1NCC1(O)CCCCCC1. The van der Waals surface area contributed by atoms with E-state index >= 15 is 0 Å². The quantitative estimate of drug-likeness (QED) is 0.508. The second kappa shape index (κ2) is 6.34.